The number of pyridine rings is 2. The van der Waals surface area contributed by atoms with E-state index < -0.39 is 0 Å². The maximum Gasteiger partial charge on any atom is 0.160 e. The van der Waals surface area contributed by atoms with Crippen molar-refractivity contribution in [1.82, 2.24) is 19.9 Å². The highest BCUT2D eigenvalue weighted by atomic mass is 14.9. The van der Waals surface area contributed by atoms with Gasteiger partial charge < -0.3 is 0 Å². The van der Waals surface area contributed by atoms with Crippen molar-refractivity contribution in [2.75, 3.05) is 0 Å². The summed E-state index contributed by atoms with van der Waals surface area (Å²) in [5.41, 5.74) is 12.9. The molecule has 0 aliphatic heterocycles. The van der Waals surface area contributed by atoms with E-state index in [1.54, 1.807) is 0 Å². The summed E-state index contributed by atoms with van der Waals surface area (Å²) in [5.74, 6) is 0.679. The van der Waals surface area contributed by atoms with Crippen LogP contribution < -0.4 is 0 Å². The van der Waals surface area contributed by atoms with Gasteiger partial charge in [0.2, 0.25) is 0 Å². The highest BCUT2D eigenvalue weighted by Crippen LogP contribution is 2.44. The topological polar surface area (TPSA) is 51.6 Å². The van der Waals surface area contributed by atoms with E-state index >= 15 is 0 Å². The Morgan fingerprint density at radius 1 is 0.241 bits per heavy atom. The number of aromatic nitrogens is 4. The molecule has 11 aromatic rings. The maximum atomic E-state index is 5.46. The summed E-state index contributed by atoms with van der Waals surface area (Å²) in [6.07, 6.45) is 0. The van der Waals surface area contributed by atoms with Crippen LogP contribution in [-0.2, 0) is 0 Å². The molecule has 8 aromatic carbocycles. The van der Waals surface area contributed by atoms with Crippen molar-refractivity contribution < 1.29 is 0 Å². The minimum absolute atomic E-state index is 0.679. The standard InChI is InChI=1S/C54H34N4/c1-4-14-35(15-5-1)36-24-28-41(29-25-36)54-57-48(38-18-8-3-9-19-38)34-49(58-54)51-44-22-12-10-20-42(44)50(43-21-11-13-23-45(43)51)47-33-31-40-27-26-39-30-32-46(37-16-6-2-7-17-37)55-52(39)53(40)56-47/h1-34H. The summed E-state index contributed by atoms with van der Waals surface area (Å²) in [6.45, 7) is 0. The van der Waals surface area contributed by atoms with Crippen LogP contribution in [0.4, 0.5) is 0 Å². The Hall–Kier alpha value is -7.82. The molecular formula is C54H34N4. The van der Waals surface area contributed by atoms with Crippen molar-refractivity contribution in [1.29, 1.82) is 0 Å². The summed E-state index contributed by atoms with van der Waals surface area (Å²) < 4.78 is 0. The normalized spacial score (nSPS) is 11.4. The van der Waals surface area contributed by atoms with E-state index in [0.717, 1.165) is 99.5 Å². The molecule has 0 bridgehead atoms. The molecule has 0 N–H and O–H groups in total. The van der Waals surface area contributed by atoms with Gasteiger partial charge in [0, 0.05) is 38.6 Å². The molecule has 3 aromatic heterocycles. The van der Waals surface area contributed by atoms with Crippen molar-refractivity contribution in [2.45, 2.75) is 0 Å². The third kappa shape index (κ3) is 5.87. The van der Waals surface area contributed by atoms with Gasteiger partial charge in [-0.1, -0.05) is 188 Å². The third-order valence-electron chi connectivity index (χ3n) is 11.1. The third-order valence-corrected chi connectivity index (χ3v) is 11.1. The number of nitrogens with zero attached hydrogens (tertiary/aromatic N) is 4. The zero-order valence-corrected chi connectivity index (χ0v) is 31.4. The SMILES string of the molecule is c1ccc(-c2ccc(-c3nc(-c4ccccc4)cc(-c4c5ccccc5c(-c5ccc6ccc7ccc(-c8ccccc8)nc7c6n5)c5ccccc45)n3)cc2)cc1. The second-order valence-electron chi connectivity index (χ2n) is 14.6. The van der Waals surface area contributed by atoms with Crippen molar-refractivity contribution in [2.24, 2.45) is 0 Å². The zero-order chi connectivity index (χ0) is 38.4. The van der Waals surface area contributed by atoms with E-state index in [9.17, 15) is 0 Å². The summed E-state index contributed by atoms with van der Waals surface area (Å²) >= 11 is 0. The molecule has 0 unspecified atom stereocenters. The monoisotopic (exact) mass is 738 g/mol. The van der Waals surface area contributed by atoms with Crippen LogP contribution in [0.2, 0.25) is 0 Å². The van der Waals surface area contributed by atoms with Crippen LogP contribution in [0.15, 0.2) is 206 Å². The average Bonchev–Trinajstić information content (AvgIpc) is 3.31. The minimum Gasteiger partial charge on any atom is -0.245 e. The number of hydrogen-bond donors (Lipinski definition) is 0. The highest BCUT2D eigenvalue weighted by molar-refractivity contribution is 6.21. The molecule has 0 fully saturated rings. The summed E-state index contributed by atoms with van der Waals surface area (Å²) in [7, 11) is 0. The Kier molecular flexibility index (Phi) is 8.11. The van der Waals surface area contributed by atoms with Crippen LogP contribution in [0.3, 0.4) is 0 Å². The van der Waals surface area contributed by atoms with Gasteiger partial charge in [-0.05, 0) is 50.9 Å². The molecule has 0 saturated carbocycles. The first-order chi connectivity index (χ1) is 28.7. The van der Waals surface area contributed by atoms with E-state index in [4.69, 9.17) is 19.9 Å². The van der Waals surface area contributed by atoms with Gasteiger partial charge in [-0.3, -0.25) is 0 Å². The summed E-state index contributed by atoms with van der Waals surface area (Å²) in [6, 6.07) is 72.0. The van der Waals surface area contributed by atoms with Crippen LogP contribution in [0, 0.1) is 0 Å². The average molecular weight is 739 g/mol. The first-order valence-electron chi connectivity index (χ1n) is 19.6. The fourth-order valence-corrected chi connectivity index (χ4v) is 8.26. The summed E-state index contributed by atoms with van der Waals surface area (Å²) in [4.78, 5) is 21.2. The second-order valence-corrected chi connectivity index (χ2v) is 14.6. The molecule has 4 nitrogen and oxygen atoms in total. The summed E-state index contributed by atoms with van der Waals surface area (Å²) in [5, 5.41) is 6.53. The number of hydrogen-bond acceptors (Lipinski definition) is 4. The molecule has 0 saturated heterocycles. The fourth-order valence-electron chi connectivity index (χ4n) is 8.26. The Balaban J connectivity index is 1.13. The Morgan fingerprint density at radius 3 is 1.17 bits per heavy atom. The molecular weight excluding hydrogens is 705 g/mol. The number of benzene rings is 8. The maximum absolute atomic E-state index is 5.46. The van der Waals surface area contributed by atoms with Gasteiger partial charge in [-0.25, -0.2) is 19.9 Å². The predicted molar refractivity (Wildman–Crippen MR) is 240 cm³/mol. The van der Waals surface area contributed by atoms with Crippen LogP contribution in [-0.4, -0.2) is 19.9 Å². The molecule has 11 rings (SSSR count). The largest absolute Gasteiger partial charge is 0.245 e. The lowest BCUT2D eigenvalue weighted by molar-refractivity contribution is 1.19. The van der Waals surface area contributed by atoms with Gasteiger partial charge in [-0.2, -0.15) is 0 Å². The Morgan fingerprint density at radius 2 is 0.621 bits per heavy atom. The Labute approximate surface area is 335 Å². The van der Waals surface area contributed by atoms with Gasteiger partial charge >= 0.3 is 0 Å². The molecule has 58 heavy (non-hydrogen) atoms. The quantitative estimate of drug-likeness (QED) is 0.126. The lowest BCUT2D eigenvalue weighted by atomic mass is 9.88. The smallest absolute Gasteiger partial charge is 0.160 e. The lowest BCUT2D eigenvalue weighted by Gasteiger charge is -2.18. The predicted octanol–water partition coefficient (Wildman–Crippen LogP) is 13.9. The van der Waals surface area contributed by atoms with E-state index in [-0.39, 0.29) is 0 Å². The van der Waals surface area contributed by atoms with Crippen molar-refractivity contribution in [3.63, 3.8) is 0 Å². The molecule has 0 amide bonds. The molecule has 3 heterocycles. The molecule has 270 valence electrons. The van der Waals surface area contributed by atoms with Crippen LogP contribution in [0.5, 0.6) is 0 Å². The first kappa shape index (κ1) is 33.5. The van der Waals surface area contributed by atoms with Gasteiger partial charge in [-0.15, -0.1) is 0 Å². The van der Waals surface area contributed by atoms with Crippen molar-refractivity contribution in [3.8, 4) is 67.5 Å². The lowest BCUT2D eigenvalue weighted by Crippen LogP contribution is -1.98. The molecule has 0 atom stereocenters. The molecule has 0 radical (unpaired) electrons. The second kappa shape index (κ2) is 14.0. The van der Waals surface area contributed by atoms with E-state index in [2.05, 4.69) is 188 Å². The molecule has 0 spiro atoms. The number of rotatable bonds is 6. The molecule has 0 aliphatic rings. The van der Waals surface area contributed by atoms with E-state index in [1.165, 1.54) is 5.56 Å². The van der Waals surface area contributed by atoms with Crippen LogP contribution in [0.25, 0.3) is 111 Å². The first-order valence-corrected chi connectivity index (χ1v) is 19.6. The van der Waals surface area contributed by atoms with Gasteiger partial charge in [0.05, 0.1) is 33.8 Å². The van der Waals surface area contributed by atoms with Gasteiger partial charge in [0.25, 0.3) is 0 Å². The van der Waals surface area contributed by atoms with Crippen LogP contribution in [0.1, 0.15) is 0 Å². The van der Waals surface area contributed by atoms with Gasteiger partial charge in [0.15, 0.2) is 5.82 Å². The molecule has 0 aliphatic carbocycles. The van der Waals surface area contributed by atoms with E-state index in [1.807, 2.05) is 18.2 Å². The van der Waals surface area contributed by atoms with Crippen molar-refractivity contribution >= 4 is 43.4 Å². The zero-order valence-electron chi connectivity index (χ0n) is 31.4. The number of fused-ring (bicyclic) bond motifs is 5. The minimum atomic E-state index is 0.679. The highest BCUT2D eigenvalue weighted by Gasteiger charge is 2.21. The Bertz CT molecular complexity index is 3250. The van der Waals surface area contributed by atoms with Crippen molar-refractivity contribution in [3.05, 3.63) is 206 Å². The van der Waals surface area contributed by atoms with Gasteiger partial charge in [0.1, 0.15) is 0 Å². The molecule has 4 heteroatoms. The fraction of sp³-hybridized carbons (Fsp3) is 0. The van der Waals surface area contributed by atoms with E-state index in [0.29, 0.717) is 5.82 Å². The van der Waals surface area contributed by atoms with Crippen LogP contribution >= 0.6 is 0 Å².